The predicted octanol–water partition coefficient (Wildman–Crippen LogP) is 5.32. The first-order valence-corrected chi connectivity index (χ1v) is 11.8. The lowest BCUT2D eigenvalue weighted by molar-refractivity contribution is 0.154. The molecule has 2 aliphatic heterocycles. The Morgan fingerprint density at radius 1 is 0.848 bits per heavy atom. The SMILES string of the molecule is Cc1ccc(-c2nc3c(nc2-c2ccc(C)cc2)N(C(=O)O)CC(N2CCCCC2)C3)cc1. The van der Waals surface area contributed by atoms with Gasteiger partial charge in [-0.15, -0.1) is 0 Å². The molecule has 1 fully saturated rings. The van der Waals surface area contributed by atoms with Crippen LogP contribution in [0.3, 0.4) is 0 Å². The van der Waals surface area contributed by atoms with E-state index in [4.69, 9.17) is 9.97 Å². The number of hydrogen-bond acceptors (Lipinski definition) is 4. The molecule has 5 rings (SSSR count). The topological polar surface area (TPSA) is 69.6 Å². The number of benzene rings is 2. The van der Waals surface area contributed by atoms with Crippen molar-refractivity contribution >= 4 is 11.9 Å². The highest BCUT2D eigenvalue weighted by Gasteiger charge is 2.35. The summed E-state index contributed by atoms with van der Waals surface area (Å²) < 4.78 is 0. The molecule has 1 atom stereocenters. The number of aromatic nitrogens is 2. The maximum Gasteiger partial charge on any atom is 0.413 e. The molecule has 0 saturated carbocycles. The summed E-state index contributed by atoms with van der Waals surface area (Å²) in [4.78, 5) is 26.2. The van der Waals surface area contributed by atoms with Crippen LogP contribution in [0.2, 0.25) is 0 Å². The van der Waals surface area contributed by atoms with Crippen molar-refractivity contribution in [2.75, 3.05) is 24.5 Å². The van der Waals surface area contributed by atoms with Crippen LogP contribution in [0.5, 0.6) is 0 Å². The number of carboxylic acid groups (broad SMARTS) is 1. The van der Waals surface area contributed by atoms with Crippen molar-refractivity contribution < 1.29 is 9.90 Å². The largest absolute Gasteiger partial charge is 0.465 e. The molecule has 1 saturated heterocycles. The molecule has 170 valence electrons. The summed E-state index contributed by atoms with van der Waals surface area (Å²) in [6.07, 6.45) is 3.34. The summed E-state index contributed by atoms with van der Waals surface area (Å²) in [7, 11) is 0. The number of likely N-dealkylation sites (tertiary alicyclic amines) is 1. The Morgan fingerprint density at radius 3 is 1.94 bits per heavy atom. The van der Waals surface area contributed by atoms with E-state index in [9.17, 15) is 9.90 Å². The van der Waals surface area contributed by atoms with Crippen LogP contribution in [-0.4, -0.2) is 51.7 Å². The molecule has 0 bridgehead atoms. The van der Waals surface area contributed by atoms with Crippen LogP contribution in [0.1, 0.15) is 36.1 Å². The smallest absolute Gasteiger partial charge is 0.413 e. The van der Waals surface area contributed by atoms with Gasteiger partial charge in [-0.25, -0.2) is 14.8 Å². The third-order valence-corrected chi connectivity index (χ3v) is 6.81. The second-order valence-corrected chi connectivity index (χ2v) is 9.27. The Kier molecular flexibility index (Phi) is 5.85. The van der Waals surface area contributed by atoms with Crippen molar-refractivity contribution in [3.63, 3.8) is 0 Å². The summed E-state index contributed by atoms with van der Waals surface area (Å²) in [5.74, 6) is 0.474. The molecule has 1 unspecified atom stereocenters. The number of piperidine rings is 1. The second-order valence-electron chi connectivity index (χ2n) is 9.27. The van der Waals surface area contributed by atoms with Crippen LogP contribution >= 0.6 is 0 Å². The van der Waals surface area contributed by atoms with E-state index < -0.39 is 6.09 Å². The molecule has 1 amide bonds. The minimum absolute atomic E-state index is 0.138. The second kappa shape index (κ2) is 8.94. The van der Waals surface area contributed by atoms with Gasteiger partial charge in [-0.3, -0.25) is 9.80 Å². The van der Waals surface area contributed by atoms with Gasteiger partial charge in [-0.2, -0.15) is 0 Å². The van der Waals surface area contributed by atoms with E-state index in [2.05, 4.69) is 55.1 Å². The maximum atomic E-state index is 12.3. The average Bonchev–Trinajstić information content (AvgIpc) is 2.84. The highest BCUT2D eigenvalue weighted by atomic mass is 16.4. The third kappa shape index (κ3) is 4.35. The Labute approximate surface area is 194 Å². The zero-order chi connectivity index (χ0) is 22.9. The van der Waals surface area contributed by atoms with E-state index in [0.717, 1.165) is 53.3 Å². The molecule has 3 aromatic rings. The number of nitrogens with zero attached hydrogens (tertiary/aromatic N) is 4. The Hall–Kier alpha value is -3.25. The van der Waals surface area contributed by atoms with Crippen molar-refractivity contribution in [2.24, 2.45) is 0 Å². The normalized spacial score (nSPS) is 18.7. The first-order valence-electron chi connectivity index (χ1n) is 11.8. The Bertz CT molecular complexity index is 1150. The number of hydrogen-bond donors (Lipinski definition) is 1. The lowest BCUT2D eigenvalue weighted by Crippen LogP contribution is -2.52. The molecule has 1 N–H and O–H groups in total. The molecule has 2 aliphatic rings. The van der Waals surface area contributed by atoms with E-state index in [-0.39, 0.29) is 6.04 Å². The fourth-order valence-electron chi connectivity index (χ4n) is 4.92. The van der Waals surface area contributed by atoms with E-state index in [1.807, 2.05) is 12.1 Å². The average molecular weight is 443 g/mol. The molecule has 0 radical (unpaired) electrons. The standard InChI is InChI=1S/C27H30N4O2/c1-18-6-10-20(11-7-18)24-25(21-12-8-19(2)9-13-21)29-26-23(28-24)16-22(17-31(26)27(32)33)30-14-4-3-5-15-30/h6-13,22H,3-5,14-17H2,1-2H3,(H,32,33). The number of anilines is 1. The molecule has 2 aromatic carbocycles. The van der Waals surface area contributed by atoms with E-state index >= 15 is 0 Å². The summed E-state index contributed by atoms with van der Waals surface area (Å²) >= 11 is 0. The fraction of sp³-hybridized carbons (Fsp3) is 0.370. The maximum absolute atomic E-state index is 12.3. The first kappa shape index (κ1) is 21.6. The highest BCUT2D eigenvalue weighted by Crippen LogP contribution is 2.36. The highest BCUT2D eigenvalue weighted by molar-refractivity contribution is 5.88. The molecule has 33 heavy (non-hydrogen) atoms. The lowest BCUT2D eigenvalue weighted by Gasteiger charge is -2.40. The van der Waals surface area contributed by atoms with Gasteiger partial charge in [-0.1, -0.05) is 66.1 Å². The first-order chi connectivity index (χ1) is 16.0. The molecule has 0 aliphatic carbocycles. The summed E-state index contributed by atoms with van der Waals surface area (Å²) in [5, 5.41) is 10.1. The quantitative estimate of drug-likeness (QED) is 0.594. The summed E-state index contributed by atoms with van der Waals surface area (Å²) in [6.45, 7) is 6.60. The van der Waals surface area contributed by atoms with Gasteiger partial charge in [-0.05, 0) is 39.8 Å². The zero-order valence-electron chi connectivity index (χ0n) is 19.3. The number of amides is 1. The molecule has 6 heteroatoms. The van der Waals surface area contributed by atoms with Crippen LogP contribution in [0.15, 0.2) is 48.5 Å². The van der Waals surface area contributed by atoms with E-state index in [1.165, 1.54) is 29.7 Å². The minimum atomic E-state index is -0.967. The zero-order valence-corrected chi connectivity index (χ0v) is 19.3. The van der Waals surface area contributed by atoms with Gasteiger partial charge in [0.05, 0.1) is 17.1 Å². The monoisotopic (exact) mass is 442 g/mol. The van der Waals surface area contributed by atoms with E-state index in [1.54, 1.807) is 0 Å². The van der Waals surface area contributed by atoms with Gasteiger partial charge in [0, 0.05) is 30.1 Å². The van der Waals surface area contributed by atoms with Crippen LogP contribution < -0.4 is 4.90 Å². The van der Waals surface area contributed by atoms with Crippen LogP contribution in [0.25, 0.3) is 22.5 Å². The number of rotatable bonds is 3. The summed E-state index contributed by atoms with van der Waals surface area (Å²) in [5.41, 5.74) is 6.58. The van der Waals surface area contributed by atoms with Gasteiger partial charge in [0.1, 0.15) is 0 Å². The van der Waals surface area contributed by atoms with Crippen LogP contribution in [0.4, 0.5) is 10.6 Å². The molecular formula is C27H30N4O2. The fourth-order valence-corrected chi connectivity index (χ4v) is 4.92. The number of fused-ring (bicyclic) bond motifs is 1. The van der Waals surface area contributed by atoms with E-state index in [0.29, 0.717) is 12.4 Å². The molecule has 6 nitrogen and oxygen atoms in total. The third-order valence-electron chi connectivity index (χ3n) is 6.81. The van der Waals surface area contributed by atoms with Crippen molar-refractivity contribution in [2.45, 2.75) is 45.6 Å². The number of aryl methyl sites for hydroxylation is 2. The van der Waals surface area contributed by atoms with Gasteiger partial charge >= 0.3 is 6.09 Å². The van der Waals surface area contributed by atoms with Gasteiger partial charge in [0.2, 0.25) is 0 Å². The van der Waals surface area contributed by atoms with Crippen molar-refractivity contribution in [1.82, 2.24) is 14.9 Å². The van der Waals surface area contributed by atoms with Crippen molar-refractivity contribution in [3.8, 4) is 22.5 Å². The lowest BCUT2D eigenvalue weighted by atomic mass is 9.98. The molecule has 0 spiro atoms. The summed E-state index contributed by atoms with van der Waals surface area (Å²) in [6, 6.07) is 16.6. The van der Waals surface area contributed by atoms with Crippen molar-refractivity contribution in [1.29, 1.82) is 0 Å². The Balaban J connectivity index is 1.65. The van der Waals surface area contributed by atoms with Gasteiger partial charge < -0.3 is 5.11 Å². The van der Waals surface area contributed by atoms with Crippen LogP contribution in [-0.2, 0) is 6.42 Å². The predicted molar refractivity (Wildman–Crippen MR) is 131 cm³/mol. The molecule has 1 aromatic heterocycles. The van der Waals surface area contributed by atoms with Crippen molar-refractivity contribution in [3.05, 3.63) is 65.4 Å². The molecular weight excluding hydrogens is 412 g/mol. The van der Waals surface area contributed by atoms with Gasteiger partial charge in [0.25, 0.3) is 0 Å². The minimum Gasteiger partial charge on any atom is -0.465 e. The number of carbonyl (C=O) groups is 1. The Morgan fingerprint density at radius 2 is 1.39 bits per heavy atom. The van der Waals surface area contributed by atoms with Gasteiger partial charge in [0.15, 0.2) is 5.82 Å². The molecule has 3 heterocycles. The van der Waals surface area contributed by atoms with Crippen LogP contribution in [0, 0.1) is 13.8 Å².